The van der Waals surface area contributed by atoms with Gasteiger partial charge in [0.05, 0.1) is 0 Å². The number of nitrogens with zero attached hydrogens (tertiary/aromatic N) is 2. The first-order valence-electron chi connectivity index (χ1n) is 7.50. The SMILES string of the molecule is CCC(C)NC(=NC)NCCCN(C)c1cccc(F)c1.I. The molecule has 0 heterocycles. The van der Waals surface area contributed by atoms with Gasteiger partial charge >= 0.3 is 0 Å². The maximum Gasteiger partial charge on any atom is 0.191 e. The van der Waals surface area contributed by atoms with Crippen LogP contribution in [0.5, 0.6) is 0 Å². The Morgan fingerprint density at radius 3 is 2.73 bits per heavy atom. The minimum Gasteiger partial charge on any atom is -0.374 e. The Hall–Kier alpha value is -1.05. The molecule has 126 valence electrons. The van der Waals surface area contributed by atoms with E-state index in [1.165, 1.54) is 6.07 Å². The molecule has 6 heteroatoms. The van der Waals surface area contributed by atoms with Gasteiger partial charge in [0.1, 0.15) is 5.82 Å². The molecule has 0 bridgehead atoms. The summed E-state index contributed by atoms with van der Waals surface area (Å²) in [4.78, 5) is 6.24. The Morgan fingerprint density at radius 2 is 2.14 bits per heavy atom. The topological polar surface area (TPSA) is 39.7 Å². The molecule has 0 amide bonds. The second-order valence-corrected chi connectivity index (χ2v) is 5.21. The van der Waals surface area contributed by atoms with Crippen LogP contribution in [0.4, 0.5) is 10.1 Å². The average molecular weight is 422 g/mol. The number of halogens is 2. The van der Waals surface area contributed by atoms with Gasteiger partial charge in [0, 0.05) is 38.9 Å². The molecule has 0 radical (unpaired) electrons. The number of anilines is 1. The summed E-state index contributed by atoms with van der Waals surface area (Å²) >= 11 is 0. The number of hydrogen-bond acceptors (Lipinski definition) is 2. The van der Waals surface area contributed by atoms with Gasteiger partial charge in [-0.2, -0.15) is 0 Å². The van der Waals surface area contributed by atoms with Crippen LogP contribution in [0.2, 0.25) is 0 Å². The van der Waals surface area contributed by atoms with E-state index in [0.717, 1.165) is 37.6 Å². The Labute approximate surface area is 150 Å². The summed E-state index contributed by atoms with van der Waals surface area (Å²) in [6.07, 6.45) is 2.01. The Morgan fingerprint density at radius 1 is 1.41 bits per heavy atom. The number of benzene rings is 1. The number of aliphatic imine (C=N–C) groups is 1. The van der Waals surface area contributed by atoms with Crippen LogP contribution in [0.25, 0.3) is 0 Å². The quantitative estimate of drug-likeness (QED) is 0.307. The van der Waals surface area contributed by atoms with Crippen LogP contribution in [0.3, 0.4) is 0 Å². The van der Waals surface area contributed by atoms with E-state index in [9.17, 15) is 4.39 Å². The summed E-state index contributed by atoms with van der Waals surface area (Å²) in [6.45, 7) is 5.95. The van der Waals surface area contributed by atoms with Crippen LogP contribution in [0.1, 0.15) is 26.7 Å². The number of guanidine groups is 1. The molecule has 0 fully saturated rings. The van der Waals surface area contributed by atoms with Gasteiger partial charge in [-0.15, -0.1) is 24.0 Å². The molecule has 22 heavy (non-hydrogen) atoms. The number of rotatable bonds is 7. The van der Waals surface area contributed by atoms with Crippen molar-refractivity contribution < 1.29 is 4.39 Å². The van der Waals surface area contributed by atoms with Crippen molar-refractivity contribution in [3.63, 3.8) is 0 Å². The van der Waals surface area contributed by atoms with Crippen molar-refractivity contribution >= 4 is 35.6 Å². The fourth-order valence-corrected chi connectivity index (χ4v) is 1.90. The van der Waals surface area contributed by atoms with Crippen LogP contribution < -0.4 is 15.5 Å². The van der Waals surface area contributed by atoms with Gasteiger partial charge in [-0.1, -0.05) is 13.0 Å². The molecule has 0 aromatic heterocycles. The van der Waals surface area contributed by atoms with Crippen LogP contribution in [0.15, 0.2) is 29.3 Å². The molecule has 0 aliphatic heterocycles. The van der Waals surface area contributed by atoms with Gasteiger partial charge in [0.15, 0.2) is 5.96 Å². The molecule has 1 aromatic rings. The summed E-state index contributed by atoms with van der Waals surface area (Å²) < 4.78 is 13.2. The lowest BCUT2D eigenvalue weighted by molar-refractivity contribution is 0.619. The van der Waals surface area contributed by atoms with E-state index in [4.69, 9.17) is 0 Å². The second kappa shape index (κ2) is 11.5. The summed E-state index contributed by atoms with van der Waals surface area (Å²) in [5, 5.41) is 6.61. The third kappa shape index (κ3) is 7.82. The van der Waals surface area contributed by atoms with Crippen LogP contribution in [-0.2, 0) is 0 Å². The minimum atomic E-state index is -0.198. The van der Waals surface area contributed by atoms with Crippen molar-refractivity contribution in [3.8, 4) is 0 Å². The molecule has 0 aliphatic carbocycles. The molecule has 1 atom stereocenters. The first-order valence-corrected chi connectivity index (χ1v) is 7.50. The monoisotopic (exact) mass is 422 g/mol. The smallest absolute Gasteiger partial charge is 0.191 e. The molecule has 1 rings (SSSR count). The molecule has 2 N–H and O–H groups in total. The van der Waals surface area contributed by atoms with E-state index in [-0.39, 0.29) is 29.8 Å². The second-order valence-electron chi connectivity index (χ2n) is 5.21. The summed E-state index contributed by atoms with van der Waals surface area (Å²) in [7, 11) is 3.75. The third-order valence-electron chi connectivity index (χ3n) is 3.43. The van der Waals surface area contributed by atoms with Gasteiger partial charge in [-0.3, -0.25) is 4.99 Å². The van der Waals surface area contributed by atoms with Gasteiger partial charge in [-0.05, 0) is 38.0 Å². The van der Waals surface area contributed by atoms with Crippen molar-refractivity contribution in [3.05, 3.63) is 30.1 Å². The third-order valence-corrected chi connectivity index (χ3v) is 3.43. The normalized spacial score (nSPS) is 12.3. The van der Waals surface area contributed by atoms with E-state index in [2.05, 4.69) is 34.4 Å². The Balaban J connectivity index is 0.00000441. The maximum absolute atomic E-state index is 13.2. The van der Waals surface area contributed by atoms with Crippen molar-refractivity contribution in [2.45, 2.75) is 32.7 Å². The summed E-state index contributed by atoms with van der Waals surface area (Å²) in [6, 6.07) is 7.07. The van der Waals surface area contributed by atoms with E-state index in [0.29, 0.717) is 6.04 Å². The summed E-state index contributed by atoms with van der Waals surface area (Å²) in [5.41, 5.74) is 0.900. The average Bonchev–Trinajstić information content (AvgIpc) is 2.49. The maximum atomic E-state index is 13.2. The zero-order chi connectivity index (χ0) is 15.7. The van der Waals surface area contributed by atoms with E-state index >= 15 is 0 Å². The van der Waals surface area contributed by atoms with Crippen LogP contribution in [0, 0.1) is 5.82 Å². The largest absolute Gasteiger partial charge is 0.374 e. The molecular formula is C16H28FIN4. The lowest BCUT2D eigenvalue weighted by Gasteiger charge is -2.20. The fourth-order valence-electron chi connectivity index (χ4n) is 1.90. The molecule has 1 aromatic carbocycles. The fraction of sp³-hybridized carbons (Fsp3) is 0.562. The predicted octanol–water partition coefficient (Wildman–Crippen LogP) is 3.23. The highest BCUT2D eigenvalue weighted by Gasteiger charge is 2.04. The molecule has 0 spiro atoms. The van der Waals surface area contributed by atoms with Crippen molar-refractivity contribution in [2.75, 3.05) is 32.1 Å². The first kappa shape index (κ1) is 20.9. The Kier molecular flexibility index (Phi) is 11.0. The molecule has 4 nitrogen and oxygen atoms in total. The van der Waals surface area contributed by atoms with Crippen molar-refractivity contribution in [1.29, 1.82) is 0 Å². The Bertz CT molecular complexity index is 454. The van der Waals surface area contributed by atoms with E-state index in [1.807, 2.05) is 13.1 Å². The standard InChI is InChI=1S/C16H27FN4.HI/c1-5-13(2)20-16(18-3)19-10-7-11-21(4)15-9-6-8-14(17)12-15;/h6,8-9,12-13H,5,7,10-11H2,1-4H3,(H2,18,19,20);1H. The minimum absolute atomic E-state index is 0. The van der Waals surface area contributed by atoms with Gasteiger partial charge in [0.2, 0.25) is 0 Å². The highest BCUT2D eigenvalue weighted by Crippen LogP contribution is 2.13. The molecule has 0 saturated heterocycles. The first-order chi connectivity index (χ1) is 10.1. The predicted molar refractivity (Wildman–Crippen MR) is 104 cm³/mol. The van der Waals surface area contributed by atoms with Gasteiger partial charge in [-0.25, -0.2) is 4.39 Å². The van der Waals surface area contributed by atoms with Crippen molar-refractivity contribution in [1.82, 2.24) is 10.6 Å². The van der Waals surface area contributed by atoms with E-state index in [1.54, 1.807) is 19.2 Å². The molecule has 1 unspecified atom stereocenters. The highest BCUT2D eigenvalue weighted by atomic mass is 127. The van der Waals surface area contributed by atoms with Gasteiger partial charge in [0.25, 0.3) is 0 Å². The van der Waals surface area contributed by atoms with E-state index < -0.39 is 0 Å². The molecule has 0 saturated carbocycles. The lowest BCUT2D eigenvalue weighted by Crippen LogP contribution is -2.42. The number of nitrogens with one attached hydrogen (secondary N) is 2. The zero-order valence-corrected chi connectivity index (χ0v) is 16.2. The molecular weight excluding hydrogens is 394 g/mol. The van der Waals surface area contributed by atoms with Crippen molar-refractivity contribution in [2.24, 2.45) is 4.99 Å². The van der Waals surface area contributed by atoms with Gasteiger partial charge < -0.3 is 15.5 Å². The van der Waals surface area contributed by atoms with Crippen LogP contribution in [-0.4, -0.2) is 39.2 Å². The summed E-state index contributed by atoms with van der Waals surface area (Å²) in [5.74, 6) is 0.633. The lowest BCUT2D eigenvalue weighted by atomic mass is 10.2. The van der Waals surface area contributed by atoms with Crippen LogP contribution >= 0.6 is 24.0 Å². The highest BCUT2D eigenvalue weighted by molar-refractivity contribution is 14.0. The zero-order valence-electron chi connectivity index (χ0n) is 13.9. The number of hydrogen-bond donors (Lipinski definition) is 2. The molecule has 0 aliphatic rings.